The van der Waals surface area contributed by atoms with E-state index in [-0.39, 0.29) is 11.2 Å². The van der Waals surface area contributed by atoms with Gasteiger partial charge in [0.25, 0.3) is 0 Å². The number of hydrogen-bond acceptors (Lipinski definition) is 7. The molecule has 8 nitrogen and oxygen atoms in total. The van der Waals surface area contributed by atoms with Gasteiger partial charge in [-0.3, -0.25) is 4.79 Å². The van der Waals surface area contributed by atoms with Crippen LogP contribution >= 0.6 is 11.8 Å². The molecule has 0 fully saturated rings. The van der Waals surface area contributed by atoms with Crippen molar-refractivity contribution in [1.29, 1.82) is 0 Å². The summed E-state index contributed by atoms with van der Waals surface area (Å²) in [6.07, 6.45) is 1.63. The van der Waals surface area contributed by atoms with Gasteiger partial charge in [-0.1, -0.05) is 17.8 Å². The number of benzene rings is 1. The predicted octanol–water partition coefficient (Wildman–Crippen LogP) is 1.46. The third-order valence-corrected chi connectivity index (χ3v) is 4.16. The summed E-state index contributed by atoms with van der Waals surface area (Å²) in [4.78, 5) is 12.0. The van der Waals surface area contributed by atoms with Gasteiger partial charge in [0, 0.05) is 12.6 Å². The molecule has 1 aromatic heterocycles. The lowest BCUT2D eigenvalue weighted by atomic mass is 10.3. The van der Waals surface area contributed by atoms with E-state index in [1.807, 2.05) is 0 Å². The van der Waals surface area contributed by atoms with Crippen molar-refractivity contribution in [2.24, 2.45) is 0 Å². The maximum Gasteiger partial charge on any atom is 0.233 e. The monoisotopic (exact) mass is 349 g/mol. The molecule has 24 heavy (non-hydrogen) atoms. The number of tetrazole rings is 1. The maximum absolute atomic E-state index is 12.0. The summed E-state index contributed by atoms with van der Waals surface area (Å²) in [5, 5.41) is 14.5. The summed E-state index contributed by atoms with van der Waals surface area (Å²) >= 11 is 1.25. The Morgan fingerprint density at radius 3 is 2.92 bits per heavy atom. The molecule has 0 bridgehead atoms. The van der Waals surface area contributed by atoms with Crippen molar-refractivity contribution in [2.45, 2.75) is 17.3 Å². The van der Waals surface area contributed by atoms with Crippen LogP contribution < -0.4 is 14.8 Å². The maximum atomic E-state index is 12.0. The number of amides is 1. The number of nitrogens with zero attached hydrogens (tertiary/aromatic N) is 4. The van der Waals surface area contributed by atoms with Crippen LogP contribution in [0.4, 0.5) is 0 Å². The molecular weight excluding hydrogens is 330 g/mol. The fourth-order valence-corrected chi connectivity index (χ4v) is 2.72. The lowest BCUT2D eigenvalue weighted by molar-refractivity contribution is -0.120. The van der Waals surface area contributed by atoms with Crippen LogP contribution in [0.15, 0.2) is 36.0 Å². The van der Waals surface area contributed by atoms with E-state index >= 15 is 0 Å². The molecule has 2 aromatic rings. The van der Waals surface area contributed by atoms with Crippen LogP contribution in [-0.4, -0.2) is 52.1 Å². The molecule has 0 aliphatic rings. The average Bonchev–Trinajstić information content (AvgIpc) is 3.06. The normalized spacial score (nSPS) is 11.6. The molecular formula is C15H19N5O3S. The van der Waals surface area contributed by atoms with E-state index in [2.05, 4.69) is 27.4 Å². The van der Waals surface area contributed by atoms with Crippen LogP contribution in [0.1, 0.15) is 6.92 Å². The second-order valence-electron chi connectivity index (χ2n) is 4.70. The largest absolute Gasteiger partial charge is 0.497 e. The van der Waals surface area contributed by atoms with Crippen molar-refractivity contribution in [3.63, 3.8) is 0 Å². The summed E-state index contributed by atoms with van der Waals surface area (Å²) in [6, 6.07) is 5.32. The minimum absolute atomic E-state index is 0.118. The molecule has 0 aliphatic carbocycles. The van der Waals surface area contributed by atoms with Gasteiger partial charge in [-0.05, 0) is 29.5 Å². The SMILES string of the molecule is C=CCNC(=O)C(C)Sc1nnnn1-c1cc(OC)ccc1OC. The number of carbonyl (C=O) groups excluding carboxylic acids is 1. The first kappa shape index (κ1) is 17.8. The molecule has 2 rings (SSSR count). The molecule has 0 saturated heterocycles. The Balaban J connectivity index is 2.27. The van der Waals surface area contributed by atoms with Crippen LogP contribution in [-0.2, 0) is 4.79 Å². The van der Waals surface area contributed by atoms with E-state index in [0.29, 0.717) is 28.9 Å². The van der Waals surface area contributed by atoms with Crippen LogP contribution in [0.3, 0.4) is 0 Å². The molecule has 0 aliphatic heterocycles. The molecule has 0 radical (unpaired) electrons. The van der Waals surface area contributed by atoms with Gasteiger partial charge in [-0.25, -0.2) is 0 Å². The predicted molar refractivity (Wildman–Crippen MR) is 90.8 cm³/mol. The highest BCUT2D eigenvalue weighted by molar-refractivity contribution is 8.00. The van der Waals surface area contributed by atoms with Gasteiger partial charge in [0.1, 0.15) is 17.2 Å². The van der Waals surface area contributed by atoms with Crippen molar-refractivity contribution in [1.82, 2.24) is 25.5 Å². The molecule has 128 valence electrons. The second-order valence-corrected chi connectivity index (χ2v) is 6.01. The molecule has 1 heterocycles. The van der Waals surface area contributed by atoms with E-state index in [0.717, 1.165) is 0 Å². The van der Waals surface area contributed by atoms with Gasteiger partial charge < -0.3 is 14.8 Å². The number of ether oxygens (including phenoxy) is 2. The number of rotatable bonds is 8. The third-order valence-electron chi connectivity index (χ3n) is 3.13. The zero-order valence-electron chi connectivity index (χ0n) is 13.7. The number of nitrogens with one attached hydrogen (secondary N) is 1. The number of carbonyl (C=O) groups is 1. The molecule has 1 amide bonds. The fourth-order valence-electron chi connectivity index (χ4n) is 1.89. The molecule has 0 spiro atoms. The topological polar surface area (TPSA) is 91.2 Å². The van der Waals surface area contributed by atoms with Gasteiger partial charge in [0.15, 0.2) is 0 Å². The zero-order valence-corrected chi connectivity index (χ0v) is 14.5. The third kappa shape index (κ3) is 4.05. The van der Waals surface area contributed by atoms with Gasteiger partial charge in [-0.2, -0.15) is 4.68 Å². The lowest BCUT2D eigenvalue weighted by Gasteiger charge is -2.13. The van der Waals surface area contributed by atoms with Crippen molar-refractivity contribution in [3.05, 3.63) is 30.9 Å². The summed E-state index contributed by atoms with van der Waals surface area (Å²) in [5.41, 5.74) is 0.628. The smallest absolute Gasteiger partial charge is 0.233 e. The van der Waals surface area contributed by atoms with Crippen LogP contribution in [0.25, 0.3) is 5.69 Å². The Bertz CT molecular complexity index is 719. The fraction of sp³-hybridized carbons (Fsp3) is 0.333. The second kappa shape index (κ2) is 8.34. The molecule has 0 saturated carbocycles. The van der Waals surface area contributed by atoms with Gasteiger partial charge in [0.05, 0.1) is 19.5 Å². The minimum Gasteiger partial charge on any atom is -0.497 e. The van der Waals surface area contributed by atoms with E-state index in [4.69, 9.17) is 9.47 Å². The first-order valence-corrected chi connectivity index (χ1v) is 8.04. The molecule has 1 aromatic carbocycles. The first-order valence-electron chi connectivity index (χ1n) is 7.16. The molecule has 1 atom stereocenters. The summed E-state index contributed by atoms with van der Waals surface area (Å²) in [7, 11) is 3.14. The summed E-state index contributed by atoms with van der Waals surface area (Å²) in [6.45, 7) is 5.77. The van der Waals surface area contributed by atoms with Gasteiger partial charge in [-0.15, -0.1) is 11.7 Å². The number of aromatic nitrogens is 4. The Morgan fingerprint density at radius 1 is 1.46 bits per heavy atom. The Hall–Kier alpha value is -2.55. The average molecular weight is 349 g/mol. The van der Waals surface area contributed by atoms with Gasteiger partial charge in [0.2, 0.25) is 11.1 Å². The summed E-state index contributed by atoms with van der Waals surface area (Å²) in [5.74, 6) is 1.12. The van der Waals surface area contributed by atoms with E-state index in [1.165, 1.54) is 16.4 Å². The summed E-state index contributed by atoms with van der Waals surface area (Å²) < 4.78 is 12.1. The quantitative estimate of drug-likeness (QED) is 0.570. The number of thioether (sulfide) groups is 1. The first-order chi connectivity index (χ1) is 11.6. The Labute approximate surface area is 144 Å². The van der Waals surface area contributed by atoms with Crippen LogP contribution in [0.2, 0.25) is 0 Å². The zero-order chi connectivity index (χ0) is 17.5. The van der Waals surface area contributed by atoms with E-state index < -0.39 is 0 Å². The van der Waals surface area contributed by atoms with E-state index in [9.17, 15) is 4.79 Å². The highest BCUT2D eigenvalue weighted by atomic mass is 32.2. The molecule has 1 unspecified atom stereocenters. The molecule has 9 heteroatoms. The van der Waals surface area contributed by atoms with Crippen molar-refractivity contribution in [3.8, 4) is 17.2 Å². The molecule has 1 N–H and O–H groups in total. The van der Waals surface area contributed by atoms with E-state index in [1.54, 1.807) is 45.4 Å². The Morgan fingerprint density at radius 2 is 2.25 bits per heavy atom. The standard InChI is InChI=1S/C15H19N5O3S/c1-5-8-16-14(21)10(2)24-15-17-18-19-20(15)12-9-11(22-3)6-7-13(12)23-4/h5-7,9-10H,1,8H2,2-4H3,(H,16,21). The lowest BCUT2D eigenvalue weighted by Crippen LogP contribution is -2.31. The van der Waals surface area contributed by atoms with Crippen molar-refractivity contribution >= 4 is 17.7 Å². The van der Waals surface area contributed by atoms with Crippen molar-refractivity contribution in [2.75, 3.05) is 20.8 Å². The number of methoxy groups -OCH3 is 2. The number of hydrogen-bond donors (Lipinski definition) is 1. The highest BCUT2D eigenvalue weighted by Crippen LogP contribution is 2.30. The van der Waals surface area contributed by atoms with Crippen molar-refractivity contribution < 1.29 is 14.3 Å². The van der Waals surface area contributed by atoms with Crippen LogP contribution in [0.5, 0.6) is 11.5 Å². The van der Waals surface area contributed by atoms with Crippen LogP contribution in [0, 0.1) is 0 Å². The van der Waals surface area contributed by atoms with Gasteiger partial charge >= 0.3 is 0 Å². The Kier molecular flexibility index (Phi) is 6.19. The minimum atomic E-state index is -0.369. The highest BCUT2D eigenvalue weighted by Gasteiger charge is 2.20.